The number of hydrogen-bond acceptors (Lipinski definition) is 2. The summed E-state index contributed by atoms with van der Waals surface area (Å²) in [6.07, 6.45) is -0.705. The highest BCUT2D eigenvalue weighted by Gasteiger charge is 2.37. The second kappa shape index (κ2) is 8.77. The van der Waals surface area contributed by atoms with Crippen LogP contribution in [0.2, 0.25) is 0 Å². The lowest BCUT2D eigenvalue weighted by atomic mass is 9.73. The van der Waals surface area contributed by atoms with Crippen molar-refractivity contribution in [2.45, 2.75) is 43.3 Å². The Balaban J connectivity index is 0.00000243. The van der Waals surface area contributed by atoms with Gasteiger partial charge in [-0.05, 0) is 37.3 Å². The molecule has 1 aromatic rings. The summed E-state index contributed by atoms with van der Waals surface area (Å²) >= 11 is 0. The quantitative estimate of drug-likeness (QED) is 0.390. The summed E-state index contributed by atoms with van der Waals surface area (Å²) in [4.78, 5) is 4.22. The van der Waals surface area contributed by atoms with E-state index in [0.717, 1.165) is 18.9 Å². The fourth-order valence-electron chi connectivity index (χ4n) is 3.22. The molecule has 26 heavy (non-hydrogen) atoms. The van der Waals surface area contributed by atoms with Gasteiger partial charge in [0.05, 0.1) is 5.56 Å². The number of halogens is 4. The van der Waals surface area contributed by atoms with E-state index in [4.69, 9.17) is 4.74 Å². The first-order valence-corrected chi connectivity index (χ1v) is 8.66. The minimum atomic E-state index is -4.33. The SMILES string of the molecule is CN=C(NCC1(c2cccc(C(F)(F)F)c2)CCOCC1)NC1CC1.I. The molecule has 0 radical (unpaired) electrons. The Labute approximate surface area is 169 Å². The van der Waals surface area contributed by atoms with Crippen LogP contribution in [0.1, 0.15) is 36.8 Å². The summed E-state index contributed by atoms with van der Waals surface area (Å²) in [5.41, 5.74) is -0.280. The van der Waals surface area contributed by atoms with Gasteiger partial charge in [-0.2, -0.15) is 13.2 Å². The molecule has 0 aromatic heterocycles. The predicted molar refractivity (Wildman–Crippen MR) is 106 cm³/mol. The van der Waals surface area contributed by atoms with Crippen molar-refractivity contribution in [2.24, 2.45) is 4.99 Å². The van der Waals surface area contributed by atoms with Crippen molar-refractivity contribution in [3.05, 3.63) is 35.4 Å². The van der Waals surface area contributed by atoms with E-state index in [1.807, 2.05) is 0 Å². The molecular formula is C18H25F3IN3O. The van der Waals surface area contributed by atoms with E-state index in [0.29, 0.717) is 50.2 Å². The fraction of sp³-hybridized carbons (Fsp3) is 0.611. The summed E-state index contributed by atoms with van der Waals surface area (Å²) in [6, 6.07) is 6.15. The molecular weight excluding hydrogens is 458 g/mol. The van der Waals surface area contributed by atoms with Gasteiger partial charge in [-0.1, -0.05) is 18.2 Å². The molecule has 3 rings (SSSR count). The van der Waals surface area contributed by atoms with Crippen LogP contribution in [-0.2, 0) is 16.3 Å². The van der Waals surface area contributed by atoms with Crippen LogP contribution in [0.5, 0.6) is 0 Å². The number of aliphatic imine (C=N–C) groups is 1. The molecule has 0 atom stereocenters. The largest absolute Gasteiger partial charge is 0.416 e. The first kappa shape index (κ1) is 21.3. The van der Waals surface area contributed by atoms with E-state index >= 15 is 0 Å². The molecule has 2 N–H and O–H groups in total. The van der Waals surface area contributed by atoms with Crippen LogP contribution in [0.25, 0.3) is 0 Å². The van der Waals surface area contributed by atoms with Gasteiger partial charge in [0.15, 0.2) is 5.96 Å². The zero-order valence-electron chi connectivity index (χ0n) is 14.7. The van der Waals surface area contributed by atoms with Crippen LogP contribution in [-0.4, -0.2) is 38.8 Å². The summed E-state index contributed by atoms with van der Waals surface area (Å²) in [5, 5.41) is 6.62. The summed E-state index contributed by atoms with van der Waals surface area (Å²) in [5.74, 6) is 0.709. The Hall–Kier alpha value is -1.03. The number of benzene rings is 1. The number of nitrogens with one attached hydrogen (secondary N) is 2. The van der Waals surface area contributed by atoms with Crippen molar-refractivity contribution in [3.8, 4) is 0 Å². The van der Waals surface area contributed by atoms with E-state index in [2.05, 4.69) is 15.6 Å². The topological polar surface area (TPSA) is 45.7 Å². The number of ether oxygens (including phenoxy) is 1. The molecule has 1 saturated carbocycles. The van der Waals surface area contributed by atoms with Crippen molar-refractivity contribution in [3.63, 3.8) is 0 Å². The minimum absolute atomic E-state index is 0. The van der Waals surface area contributed by atoms with Gasteiger partial charge >= 0.3 is 6.18 Å². The summed E-state index contributed by atoms with van der Waals surface area (Å²) < 4.78 is 44.8. The molecule has 1 aliphatic heterocycles. The number of alkyl halides is 3. The number of nitrogens with zero attached hydrogens (tertiary/aromatic N) is 1. The van der Waals surface area contributed by atoms with Gasteiger partial charge in [-0.25, -0.2) is 0 Å². The minimum Gasteiger partial charge on any atom is -0.381 e. The highest BCUT2D eigenvalue weighted by atomic mass is 127. The number of guanidine groups is 1. The second-order valence-corrected chi connectivity index (χ2v) is 6.82. The average Bonchev–Trinajstić information content (AvgIpc) is 3.43. The molecule has 1 heterocycles. The molecule has 0 spiro atoms. The monoisotopic (exact) mass is 483 g/mol. The number of rotatable bonds is 4. The molecule has 2 fully saturated rings. The van der Waals surface area contributed by atoms with Crippen molar-refractivity contribution >= 4 is 29.9 Å². The zero-order valence-corrected chi connectivity index (χ0v) is 17.1. The van der Waals surface area contributed by atoms with Crippen LogP contribution in [0.4, 0.5) is 13.2 Å². The lowest BCUT2D eigenvalue weighted by Gasteiger charge is -2.38. The van der Waals surface area contributed by atoms with E-state index < -0.39 is 11.7 Å². The highest BCUT2D eigenvalue weighted by Crippen LogP contribution is 2.37. The second-order valence-electron chi connectivity index (χ2n) is 6.82. The van der Waals surface area contributed by atoms with Crippen LogP contribution in [0.15, 0.2) is 29.3 Å². The van der Waals surface area contributed by atoms with E-state index in [1.165, 1.54) is 12.1 Å². The molecule has 0 bridgehead atoms. The van der Waals surface area contributed by atoms with E-state index in [-0.39, 0.29) is 29.4 Å². The smallest absolute Gasteiger partial charge is 0.381 e. The Morgan fingerprint density at radius 3 is 2.54 bits per heavy atom. The standard InChI is InChI=1S/C18H24F3N3O.HI/c1-22-16(24-15-5-6-15)23-12-17(7-9-25-10-8-17)13-3-2-4-14(11-13)18(19,20)21;/h2-4,11,15H,5-10,12H2,1H3,(H2,22,23,24);1H. The van der Waals surface area contributed by atoms with Crippen molar-refractivity contribution in [2.75, 3.05) is 26.8 Å². The maximum Gasteiger partial charge on any atom is 0.416 e. The Bertz CT molecular complexity index is 626. The molecule has 8 heteroatoms. The maximum atomic E-state index is 13.1. The Morgan fingerprint density at radius 2 is 1.96 bits per heavy atom. The van der Waals surface area contributed by atoms with Crippen molar-refractivity contribution in [1.29, 1.82) is 0 Å². The molecule has 1 saturated heterocycles. The van der Waals surface area contributed by atoms with Gasteiger partial charge < -0.3 is 15.4 Å². The first-order valence-electron chi connectivity index (χ1n) is 8.66. The van der Waals surface area contributed by atoms with Crippen LogP contribution in [0, 0.1) is 0 Å². The molecule has 1 aromatic carbocycles. The maximum absolute atomic E-state index is 13.1. The highest BCUT2D eigenvalue weighted by molar-refractivity contribution is 14.0. The normalized spacial score (nSPS) is 20.2. The lowest BCUT2D eigenvalue weighted by Crippen LogP contribution is -2.48. The van der Waals surface area contributed by atoms with E-state index in [1.54, 1.807) is 13.1 Å². The van der Waals surface area contributed by atoms with Gasteiger partial charge in [0, 0.05) is 38.3 Å². The van der Waals surface area contributed by atoms with E-state index in [9.17, 15) is 13.2 Å². The third kappa shape index (κ3) is 5.25. The zero-order chi connectivity index (χ0) is 17.9. The van der Waals surface area contributed by atoms with Gasteiger partial charge in [-0.15, -0.1) is 24.0 Å². The molecule has 2 aliphatic rings. The third-order valence-electron chi connectivity index (χ3n) is 4.99. The molecule has 146 valence electrons. The first-order chi connectivity index (χ1) is 11.9. The molecule has 0 unspecified atom stereocenters. The van der Waals surface area contributed by atoms with Gasteiger partial charge in [0.2, 0.25) is 0 Å². The molecule has 1 aliphatic carbocycles. The number of hydrogen-bond donors (Lipinski definition) is 2. The molecule has 0 amide bonds. The summed E-state index contributed by atoms with van der Waals surface area (Å²) in [7, 11) is 1.71. The Kier molecular flexibility index (Phi) is 7.18. The Morgan fingerprint density at radius 1 is 1.27 bits per heavy atom. The van der Waals surface area contributed by atoms with Gasteiger partial charge in [0.1, 0.15) is 0 Å². The van der Waals surface area contributed by atoms with Gasteiger partial charge in [0.25, 0.3) is 0 Å². The summed E-state index contributed by atoms with van der Waals surface area (Å²) in [6.45, 7) is 1.63. The van der Waals surface area contributed by atoms with Crippen LogP contribution >= 0.6 is 24.0 Å². The van der Waals surface area contributed by atoms with Crippen LogP contribution < -0.4 is 10.6 Å². The van der Waals surface area contributed by atoms with Crippen molar-refractivity contribution < 1.29 is 17.9 Å². The van der Waals surface area contributed by atoms with Crippen molar-refractivity contribution in [1.82, 2.24) is 10.6 Å². The fourth-order valence-corrected chi connectivity index (χ4v) is 3.22. The van der Waals surface area contributed by atoms with Crippen LogP contribution in [0.3, 0.4) is 0 Å². The predicted octanol–water partition coefficient (Wildman–Crippen LogP) is 3.70. The average molecular weight is 483 g/mol. The van der Waals surface area contributed by atoms with Gasteiger partial charge in [-0.3, -0.25) is 4.99 Å². The lowest BCUT2D eigenvalue weighted by molar-refractivity contribution is -0.137. The molecule has 4 nitrogen and oxygen atoms in total. The third-order valence-corrected chi connectivity index (χ3v) is 4.99.